The molecule has 150 valence electrons. The molecule has 0 bridgehead atoms. The van der Waals surface area contributed by atoms with Crippen molar-refractivity contribution in [3.8, 4) is 17.0 Å². The molecule has 1 aliphatic rings. The zero-order chi connectivity index (χ0) is 20.3. The molecule has 8 heteroatoms. The number of hydrogen-bond acceptors (Lipinski definition) is 7. The molecular weight excluding hydrogens is 380 g/mol. The number of hydrogen-bond donors (Lipinski definition) is 0. The summed E-state index contributed by atoms with van der Waals surface area (Å²) in [4.78, 5) is 31.5. The molecular formula is C20H24N2O5S. The predicted molar refractivity (Wildman–Crippen MR) is 107 cm³/mol. The third-order valence-electron chi connectivity index (χ3n) is 4.55. The third kappa shape index (κ3) is 4.02. The zero-order valence-corrected chi connectivity index (χ0v) is 17.2. The highest BCUT2D eigenvalue weighted by Crippen LogP contribution is 2.39. The molecule has 1 aromatic heterocycles. The average Bonchev–Trinajstić information content (AvgIpc) is 3.13. The Kier molecular flexibility index (Phi) is 6.31. The lowest BCUT2D eigenvalue weighted by Crippen LogP contribution is -2.52. The number of ether oxygens (including phenoxy) is 3. The van der Waals surface area contributed by atoms with Gasteiger partial charge in [0.2, 0.25) is 0 Å². The highest BCUT2D eigenvalue weighted by atomic mass is 32.1. The van der Waals surface area contributed by atoms with Gasteiger partial charge in [0.05, 0.1) is 23.0 Å². The molecule has 1 amide bonds. The summed E-state index contributed by atoms with van der Waals surface area (Å²) in [6.45, 7) is 5.92. The van der Waals surface area contributed by atoms with Crippen LogP contribution in [0.15, 0.2) is 23.6 Å². The Labute approximate surface area is 168 Å². The van der Waals surface area contributed by atoms with Gasteiger partial charge in [-0.25, -0.2) is 9.78 Å². The van der Waals surface area contributed by atoms with Crippen LogP contribution in [0.2, 0.25) is 0 Å². The van der Waals surface area contributed by atoms with Gasteiger partial charge in [0.15, 0.2) is 6.10 Å². The van der Waals surface area contributed by atoms with Gasteiger partial charge in [0.25, 0.3) is 5.91 Å². The molecule has 0 radical (unpaired) electrons. The number of amides is 1. The van der Waals surface area contributed by atoms with Crippen LogP contribution in [0, 0.1) is 6.92 Å². The van der Waals surface area contributed by atoms with Gasteiger partial charge in [-0.3, -0.25) is 9.69 Å². The van der Waals surface area contributed by atoms with Crippen molar-refractivity contribution in [2.24, 2.45) is 0 Å². The fourth-order valence-corrected chi connectivity index (χ4v) is 3.67. The maximum Gasteiger partial charge on any atom is 0.329 e. The minimum Gasteiger partial charge on any atom is -0.478 e. The Balaban J connectivity index is 1.96. The summed E-state index contributed by atoms with van der Waals surface area (Å²) in [5, 5.41) is 2.92. The first kappa shape index (κ1) is 20.3. The number of esters is 1. The molecule has 2 atom stereocenters. The largest absolute Gasteiger partial charge is 0.478 e. The lowest BCUT2D eigenvalue weighted by molar-refractivity contribution is -0.147. The molecule has 3 rings (SSSR count). The molecule has 28 heavy (non-hydrogen) atoms. The van der Waals surface area contributed by atoms with Crippen LogP contribution < -0.4 is 9.64 Å². The van der Waals surface area contributed by atoms with Crippen molar-refractivity contribution < 1.29 is 23.8 Å². The summed E-state index contributed by atoms with van der Waals surface area (Å²) in [5.74, 6) is -0.167. The number of fused-ring (bicyclic) bond motifs is 1. The second kappa shape index (κ2) is 8.70. The van der Waals surface area contributed by atoms with E-state index in [0.717, 1.165) is 16.3 Å². The molecule has 2 unspecified atom stereocenters. The molecule has 0 spiro atoms. The molecule has 0 saturated heterocycles. The van der Waals surface area contributed by atoms with Crippen LogP contribution >= 0.6 is 11.3 Å². The van der Waals surface area contributed by atoms with Gasteiger partial charge in [-0.2, -0.15) is 0 Å². The second-order valence-electron chi connectivity index (χ2n) is 6.49. The van der Waals surface area contributed by atoms with Crippen LogP contribution in [0.4, 0.5) is 5.69 Å². The van der Waals surface area contributed by atoms with Crippen molar-refractivity contribution in [1.29, 1.82) is 0 Å². The highest BCUT2D eigenvalue weighted by Gasteiger charge is 2.39. The quantitative estimate of drug-likeness (QED) is 0.521. The van der Waals surface area contributed by atoms with Crippen LogP contribution in [0.3, 0.4) is 0 Å². The van der Waals surface area contributed by atoms with E-state index in [4.69, 9.17) is 14.2 Å². The van der Waals surface area contributed by atoms with E-state index in [1.165, 1.54) is 12.0 Å². The number of nitrogens with zero attached hydrogens (tertiary/aromatic N) is 2. The smallest absolute Gasteiger partial charge is 0.329 e. The maximum absolute atomic E-state index is 13.0. The van der Waals surface area contributed by atoms with Crippen molar-refractivity contribution in [3.63, 3.8) is 0 Å². The molecule has 7 nitrogen and oxygen atoms in total. The number of benzene rings is 1. The topological polar surface area (TPSA) is 78.0 Å². The normalized spacial score (nSPS) is 17.1. The number of rotatable bonds is 7. The Hall–Kier alpha value is -2.45. The fraction of sp³-hybridized carbons (Fsp3) is 0.450. The van der Waals surface area contributed by atoms with E-state index in [2.05, 4.69) is 4.98 Å². The van der Waals surface area contributed by atoms with Gasteiger partial charge < -0.3 is 14.2 Å². The van der Waals surface area contributed by atoms with Crippen molar-refractivity contribution in [3.05, 3.63) is 28.6 Å². The lowest BCUT2D eigenvalue weighted by atomic mass is 10.1. The van der Waals surface area contributed by atoms with Gasteiger partial charge in [0, 0.05) is 18.1 Å². The van der Waals surface area contributed by atoms with Gasteiger partial charge in [0.1, 0.15) is 18.4 Å². The van der Waals surface area contributed by atoms with E-state index in [0.29, 0.717) is 24.5 Å². The van der Waals surface area contributed by atoms with Crippen molar-refractivity contribution in [1.82, 2.24) is 4.98 Å². The number of methoxy groups -OCH3 is 1. The van der Waals surface area contributed by atoms with E-state index in [1.54, 1.807) is 18.3 Å². The lowest BCUT2D eigenvalue weighted by Gasteiger charge is -2.37. The maximum atomic E-state index is 13.0. The van der Waals surface area contributed by atoms with E-state index in [9.17, 15) is 9.59 Å². The number of carbonyl (C=O) groups excluding carboxylic acids is 2. The molecule has 0 saturated carbocycles. The SMILES string of the molecule is CCC1Oc2ccc(-c3csc(C)n3)cc2N(C(C)C(=O)OCCOC)C1=O. The summed E-state index contributed by atoms with van der Waals surface area (Å²) in [7, 11) is 1.53. The summed E-state index contributed by atoms with van der Waals surface area (Å²) in [5.41, 5.74) is 2.24. The van der Waals surface area contributed by atoms with E-state index >= 15 is 0 Å². The first-order chi connectivity index (χ1) is 13.5. The van der Waals surface area contributed by atoms with Gasteiger partial charge in [-0.05, 0) is 38.5 Å². The van der Waals surface area contributed by atoms with Crippen LogP contribution in [0.25, 0.3) is 11.3 Å². The van der Waals surface area contributed by atoms with Crippen LogP contribution in [-0.4, -0.2) is 49.3 Å². The Bertz CT molecular complexity index is 866. The van der Waals surface area contributed by atoms with Crippen molar-refractivity contribution in [2.75, 3.05) is 25.2 Å². The summed E-state index contributed by atoms with van der Waals surface area (Å²) >= 11 is 1.56. The summed E-state index contributed by atoms with van der Waals surface area (Å²) in [6.07, 6.45) is -0.123. The Morgan fingerprint density at radius 1 is 1.39 bits per heavy atom. The predicted octanol–water partition coefficient (Wildman–Crippen LogP) is 3.20. The summed E-state index contributed by atoms with van der Waals surface area (Å²) < 4.78 is 16.0. The number of anilines is 1. The van der Waals surface area contributed by atoms with Gasteiger partial charge >= 0.3 is 5.97 Å². The molecule has 0 aliphatic carbocycles. The molecule has 2 heterocycles. The standard InChI is InChI=1S/C20H24N2O5S/c1-5-17-19(23)22(12(2)20(24)26-9-8-25-4)16-10-14(6-7-18(16)27-17)15-11-28-13(3)21-15/h6-7,10-12,17H,5,8-9H2,1-4H3. The van der Waals surface area contributed by atoms with Crippen LogP contribution in [0.1, 0.15) is 25.3 Å². The first-order valence-corrected chi connectivity index (χ1v) is 10.1. The molecule has 2 aromatic rings. The molecule has 0 N–H and O–H groups in total. The zero-order valence-electron chi connectivity index (χ0n) is 16.4. The van der Waals surface area contributed by atoms with Crippen LogP contribution in [0.5, 0.6) is 5.75 Å². The van der Waals surface area contributed by atoms with Gasteiger partial charge in [-0.1, -0.05) is 6.92 Å². The Morgan fingerprint density at radius 2 is 2.18 bits per heavy atom. The van der Waals surface area contributed by atoms with E-state index < -0.39 is 18.1 Å². The molecule has 1 aromatic carbocycles. The fourth-order valence-electron chi connectivity index (χ4n) is 3.05. The highest BCUT2D eigenvalue weighted by molar-refractivity contribution is 7.09. The third-order valence-corrected chi connectivity index (χ3v) is 5.32. The average molecular weight is 404 g/mol. The van der Waals surface area contributed by atoms with E-state index in [-0.39, 0.29) is 12.5 Å². The number of carbonyl (C=O) groups is 2. The Morgan fingerprint density at radius 3 is 2.82 bits per heavy atom. The molecule has 0 fully saturated rings. The second-order valence-corrected chi connectivity index (χ2v) is 7.56. The summed E-state index contributed by atoms with van der Waals surface area (Å²) in [6, 6.07) is 4.79. The van der Waals surface area contributed by atoms with Crippen LogP contribution in [-0.2, 0) is 19.1 Å². The number of thiazole rings is 1. The van der Waals surface area contributed by atoms with Crippen molar-refractivity contribution in [2.45, 2.75) is 39.3 Å². The minimum atomic E-state index is -0.784. The molecule has 1 aliphatic heterocycles. The monoisotopic (exact) mass is 404 g/mol. The van der Waals surface area contributed by atoms with Gasteiger partial charge in [-0.15, -0.1) is 11.3 Å². The van der Waals surface area contributed by atoms with Crippen molar-refractivity contribution >= 4 is 28.9 Å². The first-order valence-electron chi connectivity index (χ1n) is 9.18. The van der Waals surface area contributed by atoms with E-state index in [1.807, 2.05) is 37.4 Å². The number of aromatic nitrogens is 1. The minimum absolute atomic E-state index is 0.139. The number of aryl methyl sites for hydroxylation is 1.